The Morgan fingerprint density at radius 1 is 1.19 bits per heavy atom. The van der Waals surface area contributed by atoms with Crippen molar-refractivity contribution >= 4 is 8.07 Å². The van der Waals surface area contributed by atoms with Crippen LogP contribution in [0, 0.1) is 23.8 Å². The largest absolute Gasteiger partial charge is 0.348 e. The zero-order chi connectivity index (χ0) is 16.1. The minimum absolute atomic E-state index is 0.225. The number of ether oxygens (including phenoxy) is 3. The first-order chi connectivity index (χ1) is 9.44. The van der Waals surface area contributed by atoms with Gasteiger partial charge in [-0.2, -0.15) is 0 Å². The molecule has 0 unspecified atom stereocenters. The molecule has 0 aromatic rings. The van der Waals surface area contributed by atoms with Crippen LogP contribution in [0.4, 0.5) is 0 Å². The highest BCUT2D eigenvalue weighted by atomic mass is 28.3. The SMILES string of the molecule is C#C[C@@]1([C@H]2COC(C)(C)O2)O[C@H]1C#C[Si](C)(C)C(C)(C)C. The Morgan fingerprint density at radius 2 is 1.81 bits per heavy atom. The second-order valence-electron chi connectivity index (χ2n) is 7.90. The summed E-state index contributed by atoms with van der Waals surface area (Å²) >= 11 is 0. The van der Waals surface area contributed by atoms with Crippen LogP contribution in [0.2, 0.25) is 18.1 Å². The maximum absolute atomic E-state index is 5.85. The van der Waals surface area contributed by atoms with E-state index in [1.165, 1.54) is 0 Å². The Balaban J connectivity index is 2.12. The zero-order valence-electron chi connectivity index (χ0n) is 14.2. The fraction of sp³-hybridized carbons (Fsp3) is 0.765. The maximum Gasteiger partial charge on any atom is 0.195 e. The van der Waals surface area contributed by atoms with Crippen LogP contribution in [0.15, 0.2) is 0 Å². The smallest absolute Gasteiger partial charge is 0.195 e. The average molecular weight is 306 g/mol. The van der Waals surface area contributed by atoms with Crippen molar-refractivity contribution in [3.8, 4) is 23.8 Å². The minimum Gasteiger partial charge on any atom is -0.348 e. The topological polar surface area (TPSA) is 31.0 Å². The monoisotopic (exact) mass is 306 g/mol. The van der Waals surface area contributed by atoms with Crippen LogP contribution in [0.1, 0.15) is 34.6 Å². The van der Waals surface area contributed by atoms with E-state index in [0.717, 1.165) is 0 Å². The lowest BCUT2D eigenvalue weighted by Crippen LogP contribution is -2.36. The highest BCUT2D eigenvalue weighted by Crippen LogP contribution is 2.45. The quantitative estimate of drug-likeness (QED) is 0.424. The molecule has 2 heterocycles. The standard InChI is InChI=1S/C17H26O3Si/c1-9-17(14-12-18-16(5,6)19-14)13(20-17)10-11-21(7,8)15(2,3)4/h1,13-14H,12H2,2-8H3/t13-,14+,17+/m0/s1. The van der Waals surface area contributed by atoms with Crippen molar-refractivity contribution in [2.24, 2.45) is 0 Å². The van der Waals surface area contributed by atoms with Crippen molar-refractivity contribution in [1.29, 1.82) is 0 Å². The molecule has 116 valence electrons. The molecule has 2 aliphatic rings. The predicted octanol–water partition coefficient (Wildman–Crippen LogP) is 2.96. The third-order valence-electron chi connectivity index (χ3n) is 4.75. The fourth-order valence-electron chi connectivity index (χ4n) is 2.08. The Hall–Kier alpha value is -0.783. The Morgan fingerprint density at radius 3 is 2.24 bits per heavy atom. The summed E-state index contributed by atoms with van der Waals surface area (Å²) in [6, 6.07) is 0. The number of hydrogen-bond donors (Lipinski definition) is 0. The Kier molecular flexibility index (Phi) is 3.84. The molecule has 4 heteroatoms. The minimum atomic E-state index is -1.65. The van der Waals surface area contributed by atoms with Gasteiger partial charge in [-0.25, -0.2) is 0 Å². The first kappa shape index (κ1) is 16.6. The van der Waals surface area contributed by atoms with Gasteiger partial charge in [-0.1, -0.05) is 45.7 Å². The molecule has 2 aliphatic heterocycles. The summed E-state index contributed by atoms with van der Waals surface area (Å²) in [7, 11) is -1.65. The number of terminal acetylenes is 1. The highest BCUT2D eigenvalue weighted by Gasteiger charge is 2.64. The first-order valence-corrected chi connectivity index (χ1v) is 10.4. The summed E-state index contributed by atoms with van der Waals surface area (Å²) in [6.07, 6.45) is 5.21. The van der Waals surface area contributed by atoms with E-state index in [1.807, 2.05) is 13.8 Å². The molecule has 2 rings (SSSR count). The van der Waals surface area contributed by atoms with E-state index >= 15 is 0 Å². The molecule has 2 saturated heterocycles. The summed E-state index contributed by atoms with van der Waals surface area (Å²) in [6.45, 7) is 15.5. The van der Waals surface area contributed by atoms with Crippen LogP contribution in [0.25, 0.3) is 0 Å². The van der Waals surface area contributed by atoms with E-state index in [1.54, 1.807) is 0 Å². The van der Waals surface area contributed by atoms with Gasteiger partial charge in [0.1, 0.15) is 14.2 Å². The molecule has 3 nitrogen and oxygen atoms in total. The van der Waals surface area contributed by atoms with Gasteiger partial charge in [0.15, 0.2) is 17.5 Å². The van der Waals surface area contributed by atoms with Gasteiger partial charge in [-0.3, -0.25) is 0 Å². The number of epoxide rings is 1. The molecule has 0 aromatic heterocycles. The summed E-state index contributed by atoms with van der Waals surface area (Å²) in [5.41, 5.74) is 2.73. The summed E-state index contributed by atoms with van der Waals surface area (Å²) in [5.74, 6) is 5.40. The average Bonchev–Trinajstić information content (AvgIpc) is 2.95. The molecule has 3 atom stereocenters. The van der Waals surface area contributed by atoms with Crippen LogP contribution in [-0.2, 0) is 14.2 Å². The van der Waals surface area contributed by atoms with Crippen LogP contribution < -0.4 is 0 Å². The van der Waals surface area contributed by atoms with Gasteiger partial charge in [-0.05, 0) is 18.9 Å². The summed E-state index contributed by atoms with van der Waals surface area (Å²) < 4.78 is 17.2. The lowest BCUT2D eigenvalue weighted by atomic mass is 10.00. The molecule has 0 aromatic carbocycles. The van der Waals surface area contributed by atoms with E-state index in [9.17, 15) is 0 Å². The molecule has 0 saturated carbocycles. The molecule has 0 amide bonds. The molecule has 0 spiro atoms. The molecule has 0 aliphatic carbocycles. The van der Waals surface area contributed by atoms with Gasteiger partial charge >= 0.3 is 0 Å². The molecule has 0 radical (unpaired) electrons. The predicted molar refractivity (Wildman–Crippen MR) is 86.3 cm³/mol. The summed E-state index contributed by atoms with van der Waals surface area (Å²) in [4.78, 5) is 0. The molecule has 2 fully saturated rings. The van der Waals surface area contributed by atoms with Gasteiger partial charge in [0.25, 0.3) is 0 Å². The first-order valence-electron chi connectivity index (χ1n) is 7.44. The second-order valence-corrected chi connectivity index (χ2v) is 12.9. The van der Waals surface area contributed by atoms with Crippen LogP contribution >= 0.6 is 0 Å². The van der Waals surface area contributed by atoms with Crippen molar-refractivity contribution in [1.82, 2.24) is 0 Å². The second kappa shape index (κ2) is 4.86. The van der Waals surface area contributed by atoms with Crippen molar-refractivity contribution in [2.75, 3.05) is 6.61 Å². The van der Waals surface area contributed by atoms with Crippen LogP contribution in [0.3, 0.4) is 0 Å². The molecule has 21 heavy (non-hydrogen) atoms. The number of hydrogen-bond acceptors (Lipinski definition) is 3. The fourth-order valence-corrected chi connectivity index (χ4v) is 2.94. The van der Waals surface area contributed by atoms with Gasteiger partial charge in [0, 0.05) is 0 Å². The van der Waals surface area contributed by atoms with E-state index < -0.39 is 19.5 Å². The Bertz CT molecular complexity index is 527. The lowest BCUT2D eigenvalue weighted by molar-refractivity contribution is -0.143. The third-order valence-corrected chi connectivity index (χ3v) is 9.27. The lowest BCUT2D eigenvalue weighted by Gasteiger charge is -2.31. The zero-order valence-corrected chi connectivity index (χ0v) is 15.2. The van der Waals surface area contributed by atoms with Crippen molar-refractivity contribution in [2.45, 2.75) is 76.3 Å². The van der Waals surface area contributed by atoms with Crippen LogP contribution in [0.5, 0.6) is 0 Å². The van der Waals surface area contributed by atoms with Crippen molar-refractivity contribution < 1.29 is 14.2 Å². The molecule has 0 bridgehead atoms. The van der Waals surface area contributed by atoms with Crippen molar-refractivity contribution in [3.05, 3.63) is 0 Å². The van der Waals surface area contributed by atoms with Gasteiger partial charge in [-0.15, -0.1) is 12.0 Å². The van der Waals surface area contributed by atoms with Gasteiger partial charge < -0.3 is 14.2 Å². The van der Waals surface area contributed by atoms with E-state index in [0.29, 0.717) is 6.61 Å². The van der Waals surface area contributed by atoms with Gasteiger partial charge in [0.2, 0.25) is 0 Å². The van der Waals surface area contributed by atoms with Gasteiger partial charge in [0.05, 0.1) is 6.61 Å². The van der Waals surface area contributed by atoms with E-state index in [4.69, 9.17) is 20.6 Å². The number of rotatable bonds is 1. The summed E-state index contributed by atoms with van der Waals surface area (Å²) in [5, 5.41) is 0.225. The highest BCUT2D eigenvalue weighted by molar-refractivity contribution is 6.87. The molecule has 0 N–H and O–H groups in total. The van der Waals surface area contributed by atoms with Crippen LogP contribution in [-0.4, -0.2) is 38.3 Å². The van der Waals surface area contributed by atoms with E-state index in [2.05, 4.69) is 51.2 Å². The Labute approximate surface area is 129 Å². The molecular weight excluding hydrogens is 280 g/mol. The van der Waals surface area contributed by atoms with Crippen molar-refractivity contribution in [3.63, 3.8) is 0 Å². The normalized spacial score (nSPS) is 34.8. The third kappa shape index (κ3) is 3.05. The molecular formula is C17H26O3Si. The van der Waals surface area contributed by atoms with E-state index in [-0.39, 0.29) is 17.2 Å². The maximum atomic E-state index is 5.85.